The minimum absolute atomic E-state index is 0.128. The Morgan fingerprint density at radius 3 is 2.08 bits per heavy atom. The van der Waals surface area contributed by atoms with Crippen molar-refractivity contribution in [2.24, 2.45) is 10.8 Å². The third-order valence-corrected chi connectivity index (χ3v) is 8.48. The minimum Gasteiger partial charge on any atom is -0.493 e. The summed E-state index contributed by atoms with van der Waals surface area (Å²) >= 11 is 2.25. The molecule has 0 atom stereocenters. The van der Waals surface area contributed by atoms with E-state index in [-0.39, 0.29) is 22.4 Å². The number of ether oxygens (including phenoxy) is 3. The van der Waals surface area contributed by atoms with Crippen molar-refractivity contribution in [2.75, 3.05) is 34.0 Å². The van der Waals surface area contributed by atoms with E-state index in [1.807, 2.05) is 12.1 Å². The normalized spacial score (nSPS) is 20.9. The zero-order chi connectivity index (χ0) is 27.8. The molecule has 3 aliphatic rings. The summed E-state index contributed by atoms with van der Waals surface area (Å²) in [7, 11) is 3.33. The molecule has 1 aromatic rings. The molecule has 38 heavy (non-hydrogen) atoms. The number of carbonyl (C=O) groups is 2. The van der Waals surface area contributed by atoms with Crippen LogP contribution >= 0.6 is 22.6 Å². The lowest BCUT2D eigenvalue weighted by Gasteiger charge is -2.49. The van der Waals surface area contributed by atoms with Gasteiger partial charge in [0.1, 0.15) is 6.61 Å². The number of halogens is 1. The number of hydrogen-bond donors (Lipinski definition) is 0. The van der Waals surface area contributed by atoms with E-state index in [1.165, 1.54) is 0 Å². The molecule has 4 rings (SSSR count). The van der Waals surface area contributed by atoms with Crippen LogP contribution in [0.3, 0.4) is 0 Å². The fourth-order valence-corrected chi connectivity index (χ4v) is 6.99. The number of hydrogen-bond acceptors (Lipinski definition) is 6. The summed E-state index contributed by atoms with van der Waals surface area (Å²) in [6.45, 7) is 14.1. The molecule has 1 heterocycles. The number of carbonyl (C=O) groups excluding carboxylic acids is 2. The lowest BCUT2D eigenvalue weighted by Crippen LogP contribution is -2.44. The topological polar surface area (TPSA) is 65.1 Å². The SMILES string of the molecule is C=CCOc1c(I)cc(C2C3=C(CC(C)(C)CC3=O)N(CCCOC)C3=C2C(=O)CC(C)(C)C3)cc1OC. The molecule has 0 radical (unpaired) electrons. The predicted octanol–water partition coefficient (Wildman–Crippen LogP) is 6.59. The van der Waals surface area contributed by atoms with Crippen LogP contribution in [0.2, 0.25) is 0 Å². The zero-order valence-corrected chi connectivity index (χ0v) is 25.7. The number of ketones is 2. The molecule has 2 aliphatic carbocycles. The van der Waals surface area contributed by atoms with Crippen molar-refractivity contribution >= 4 is 34.2 Å². The molecule has 0 fully saturated rings. The van der Waals surface area contributed by atoms with Gasteiger partial charge in [-0.1, -0.05) is 40.3 Å². The van der Waals surface area contributed by atoms with Crippen LogP contribution in [-0.4, -0.2) is 50.4 Å². The summed E-state index contributed by atoms with van der Waals surface area (Å²) < 4.78 is 17.9. The second-order valence-corrected chi connectivity index (χ2v) is 13.3. The van der Waals surface area contributed by atoms with Crippen molar-refractivity contribution in [3.8, 4) is 11.5 Å². The summed E-state index contributed by atoms with van der Waals surface area (Å²) in [5.74, 6) is 1.07. The summed E-state index contributed by atoms with van der Waals surface area (Å²) in [6, 6.07) is 3.99. The fourth-order valence-electron chi connectivity index (χ4n) is 6.21. The first kappa shape index (κ1) is 28.9. The highest BCUT2D eigenvalue weighted by atomic mass is 127. The molecule has 0 bridgehead atoms. The highest BCUT2D eigenvalue weighted by Crippen LogP contribution is 2.55. The first-order chi connectivity index (χ1) is 17.9. The number of nitrogens with zero attached hydrogens (tertiary/aromatic N) is 1. The smallest absolute Gasteiger partial charge is 0.174 e. The fraction of sp³-hybridized carbons (Fsp3) is 0.548. The molecule has 0 N–H and O–H groups in total. The predicted molar refractivity (Wildman–Crippen MR) is 157 cm³/mol. The van der Waals surface area contributed by atoms with Crippen molar-refractivity contribution in [1.29, 1.82) is 0 Å². The van der Waals surface area contributed by atoms with Gasteiger partial charge in [-0.25, -0.2) is 0 Å². The van der Waals surface area contributed by atoms with E-state index in [2.05, 4.69) is 61.8 Å². The Morgan fingerprint density at radius 2 is 1.58 bits per heavy atom. The van der Waals surface area contributed by atoms with Gasteiger partial charge in [-0.2, -0.15) is 0 Å². The van der Waals surface area contributed by atoms with E-state index in [1.54, 1.807) is 20.3 Å². The van der Waals surface area contributed by atoms with Crippen LogP contribution in [0.25, 0.3) is 0 Å². The van der Waals surface area contributed by atoms with Crippen LogP contribution in [-0.2, 0) is 14.3 Å². The highest BCUT2D eigenvalue weighted by molar-refractivity contribution is 14.1. The van der Waals surface area contributed by atoms with E-state index >= 15 is 0 Å². The van der Waals surface area contributed by atoms with Crippen LogP contribution in [0.1, 0.15) is 71.3 Å². The average molecular weight is 634 g/mol. The van der Waals surface area contributed by atoms with Crippen molar-refractivity contribution in [3.63, 3.8) is 0 Å². The van der Waals surface area contributed by atoms with Gasteiger partial charge in [0.25, 0.3) is 0 Å². The second kappa shape index (κ2) is 11.2. The van der Waals surface area contributed by atoms with Gasteiger partial charge in [0.2, 0.25) is 0 Å². The first-order valence-electron chi connectivity index (χ1n) is 13.3. The molecule has 0 saturated carbocycles. The van der Waals surface area contributed by atoms with Gasteiger partial charge in [-0.3, -0.25) is 9.59 Å². The Labute approximate surface area is 240 Å². The Kier molecular flexibility index (Phi) is 8.48. The molecule has 7 heteroatoms. The van der Waals surface area contributed by atoms with E-state index in [0.29, 0.717) is 37.6 Å². The number of Topliss-reactive ketones (excluding diaryl/α,β-unsaturated/α-hetero) is 2. The Morgan fingerprint density at radius 1 is 1.00 bits per heavy atom. The third kappa shape index (κ3) is 5.60. The van der Waals surface area contributed by atoms with Gasteiger partial charge in [0.05, 0.1) is 10.7 Å². The molecule has 1 aliphatic heterocycles. The van der Waals surface area contributed by atoms with Crippen LogP contribution < -0.4 is 9.47 Å². The van der Waals surface area contributed by atoms with E-state index in [9.17, 15) is 9.59 Å². The maximum Gasteiger partial charge on any atom is 0.174 e. The number of methoxy groups -OCH3 is 2. The monoisotopic (exact) mass is 633 g/mol. The maximum atomic E-state index is 13.9. The highest BCUT2D eigenvalue weighted by Gasteiger charge is 2.49. The molecule has 0 saturated heterocycles. The van der Waals surface area contributed by atoms with Crippen molar-refractivity contribution in [3.05, 3.63) is 56.5 Å². The van der Waals surface area contributed by atoms with Crippen LogP contribution in [0.5, 0.6) is 11.5 Å². The van der Waals surface area contributed by atoms with Crippen molar-refractivity contribution in [2.45, 2.75) is 65.7 Å². The number of benzene rings is 1. The van der Waals surface area contributed by atoms with Crippen LogP contribution in [0, 0.1) is 14.4 Å². The third-order valence-electron chi connectivity index (χ3n) is 7.68. The van der Waals surface area contributed by atoms with Crippen LogP contribution in [0.4, 0.5) is 0 Å². The van der Waals surface area contributed by atoms with Gasteiger partial charge in [-0.15, -0.1) is 0 Å². The van der Waals surface area contributed by atoms with Crippen molar-refractivity contribution < 1.29 is 23.8 Å². The van der Waals surface area contributed by atoms with Gasteiger partial charge in [0, 0.05) is 61.6 Å². The second-order valence-electron chi connectivity index (χ2n) is 12.2. The van der Waals surface area contributed by atoms with Crippen molar-refractivity contribution in [1.82, 2.24) is 4.90 Å². The average Bonchev–Trinajstić information content (AvgIpc) is 2.81. The number of allylic oxidation sites excluding steroid dienone is 4. The largest absolute Gasteiger partial charge is 0.493 e. The van der Waals surface area contributed by atoms with Gasteiger partial charge < -0.3 is 19.1 Å². The summed E-state index contributed by atoms with van der Waals surface area (Å²) in [5, 5.41) is 0. The minimum atomic E-state index is -0.415. The van der Waals surface area contributed by atoms with Gasteiger partial charge in [0.15, 0.2) is 23.1 Å². The van der Waals surface area contributed by atoms with Crippen LogP contribution in [0.15, 0.2) is 47.3 Å². The molecular weight excluding hydrogens is 593 g/mol. The first-order valence-corrected chi connectivity index (χ1v) is 14.4. The molecule has 0 amide bonds. The molecule has 6 nitrogen and oxygen atoms in total. The van der Waals surface area contributed by atoms with Gasteiger partial charge in [-0.05, 0) is 70.4 Å². The maximum absolute atomic E-state index is 13.9. The lowest BCUT2D eigenvalue weighted by molar-refractivity contribution is -0.119. The van der Waals surface area contributed by atoms with Gasteiger partial charge >= 0.3 is 0 Å². The molecule has 0 aromatic heterocycles. The molecular formula is C31H40INO5. The quantitative estimate of drug-likeness (QED) is 0.174. The van der Waals surface area contributed by atoms with E-state index in [0.717, 1.165) is 57.5 Å². The zero-order valence-electron chi connectivity index (χ0n) is 23.5. The molecule has 1 aromatic carbocycles. The lowest BCUT2D eigenvalue weighted by atomic mass is 9.63. The Balaban J connectivity index is 1.96. The summed E-state index contributed by atoms with van der Waals surface area (Å²) in [4.78, 5) is 30.2. The standard InChI is InChI=1S/C31H40INO5/c1-8-11-38-29-20(32)13-19(14-25(29)37-7)26-27-21(15-30(2,3)17-23(27)34)33(10-9-12-36-6)22-16-31(4,5)18-24(35)28(22)26/h8,13-14,26H,1,9-12,15-18H2,2-7H3. The molecule has 206 valence electrons. The molecule has 0 spiro atoms. The Hall–Kier alpha value is -2.13. The molecule has 0 unspecified atom stereocenters. The summed E-state index contributed by atoms with van der Waals surface area (Å²) in [5.41, 5.74) is 4.27. The number of rotatable bonds is 9. The van der Waals surface area contributed by atoms with E-state index < -0.39 is 5.92 Å². The Bertz CT molecular complexity index is 1150. The van der Waals surface area contributed by atoms with E-state index in [4.69, 9.17) is 14.2 Å². The summed E-state index contributed by atoms with van der Waals surface area (Å²) in [6.07, 6.45) is 5.02.